The molecule has 0 spiro atoms. The molecular formula is C15H20O4S. The van der Waals surface area contributed by atoms with Gasteiger partial charge in [0.2, 0.25) is 0 Å². The van der Waals surface area contributed by atoms with Gasteiger partial charge < -0.3 is 5.11 Å². The SMILES string of the molecule is Cc1ccc(S(=O)(=O)C2(C(=O)O)CC(C)(C)C2)cc1C. The van der Waals surface area contributed by atoms with Crippen molar-refractivity contribution in [3.63, 3.8) is 0 Å². The van der Waals surface area contributed by atoms with Gasteiger partial charge in [0.1, 0.15) is 0 Å². The zero-order valence-electron chi connectivity index (χ0n) is 12.2. The van der Waals surface area contributed by atoms with E-state index in [2.05, 4.69) is 0 Å². The van der Waals surface area contributed by atoms with Crippen LogP contribution < -0.4 is 0 Å². The highest BCUT2D eigenvalue weighted by Crippen LogP contribution is 2.54. The molecule has 1 aromatic rings. The molecule has 1 fully saturated rings. The number of carbonyl (C=O) groups is 1. The topological polar surface area (TPSA) is 71.4 Å². The Kier molecular flexibility index (Phi) is 3.25. The molecule has 1 saturated carbocycles. The molecule has 0 heterocycles. The lowest BCUT2D eigenvalue weighted by Crippen LogP contribution is -2.59. The third-order valence-corrected chi connectivity index (χ3v) is 6.59. The lowest BCUT2D eigenvalue weighted by Gasteiger charge is -2.49. The lowest BCUT2D eigenvalue weighted by atomic mass is 9.64. The van der Waals surface area contributed by atoms with Crippen molar-refractivity contribution >= 4 is 15.8 Å². The molecule has 20 heavy (non-hydrogen) atoms. The van der Waals surface area contributed by atoms with E-state index in [0.717, 1.165) is 11.1 Å². The molecule has 5 heteroatoms. The number of aliphatic carboxylic acids is 1. The molecule has 4 nitrogen and oxygen atoms in total. The molecule has 0 atom stereocenters. The molecule has 0 saturated heterocycles. The average molecular weight is 296 g/mol. The standard InChI is InChI=1S/C15H20O4S/c1-10-5-6-12(7-11(10)2)20(18,19)15(13(16)17)8-14(3,4)9-15/h5-7H,8-9H2,1-4H3,(H,16,17). The number of rotatable bonds is 3. The number of carboxylic acid groups (broad SMARTS) is 1. The normalized spacial score (nSPS) is 20.2. The van der Waals surface area contributed by atoms with Gasteiger partial charge in [-0.1, -0.05) is 19.9 Å². The minimum Gasteiger partial charge on any atom is -0.480 e. The fraction of sp³-hybridized carbons (Fsp3) is 0.533. The van der Waals surface area contributed by atoms with E-state index in [4.69, 9.17) is 0 Å². The van der Waals surface area contributed by atoms with E-state index in [-0.39, 0.29) is 23.2 Å². The second-order valence-electron chi connectivity index (χ2n) is 6.57. The summed E-state index contributed by atoms with van der Waals surface area (Å²) in [6, 6.07) is 4.80. The number of hydrogen-bond acceptors (Lipinski definition) is 3. The van der Waals surface area contributed by atoms with Crippen LogP contribution in [0.15, 0.2) is 23.1 Å². The summed E-state index contributed by atoms with van der Waals surface area (Å²) in [5.74, 6) is -1.24. The van der Waals surface area contributed by atoms with E-state index in [1.807, 2.05) is 27.7 Å². The van der Waals surface area contributed by atoms with Gasteiger partial charge in [0.25, 0.3) is 0 Å². The van der Waals surface area contributed by atoms with Crippen LogP contribution in [0.3, 0.4) is 0 Å². The summed E-state index contributed by atoms with van der Waals surface area (Å²) in [4.78, 5) is 11.7. The number of sulfone groups is 1. The van der Waals surface area contributed by atoms with Crippen molar-refractivity contribution in [2.45, 2.75) is 50.2 Å². The monoisotopic (exact) mass is 296 g/mol. The van der Waals surface area contributed by atoms with Crippen LogP contribution in [0.25, 0.3) is 0 Å². The molecule has 1 aliphatic rings. The molecule has 2 rings (SSSR count). The second kappa shape index (κ2) is 4.32. The highest BCUT2D eigenvalue weighted by Gasteiger charge is 2.63. The number of aryl methyl sites for hydroxylation is 2. The predicted octanol–water partition coefficient (Wildman–Crippen LogP) is 2.72. The number of benzene rings is 1. The maximum absolute atomic E-state index is 12.7. The van der Waals surface area contributed by atoms with Crippen LogP contribution in [0.5, 0.6) is 0 Å². The van der Waals surface area contributed by atoms with Gasteiger partial charge in [-0.05, 0) is 55.4 Å². The Hall–Kier alpha value is -1.36. The lowest BCUT2D eigenvalue weighted by molar-refractivity contribution is -0.146. The number of carboxylic acids is 1. The minimum atomic E-state index is -3.87. The Morgan fingerprint density at radius 2 is 1.70 bits per heavy atom. The van der Waals surface area contributed by atoms with Crippen molar-refractivity contribution in [2.24, 2.45) is 5.41 Å². The molecule has 0 radical (unpaired) electrons. The van der Waals surface area contributed by atoms with Gasteiger partial charge in [0.15, 0.2) is 14.6 Å². The van der Waals surface area contributed by atoms with E-state index < -0.39 is 20.6 Å². The van der Waals surface area contributed by atoms with Crippen LogP contribution in [-0.2, 0) is 14.6 Å². The number of hydrogen-bond donors (Lipinski definition) is 1. The maximum atomic E-state index is 12.7. The van der Waals surface area contributed by atoms with E-state index in [0.29, 0.717) is 0 Å². The minimum absolute atomic E-state index is 0.110. The van der Waals surface area contributed by atoms with Crippen LogP contribution in [0.1, 0.15) is 37.8 Å². The molecule has 0 amide bonds. The molecule has 0 unspecified atom stereocenters. The second-order valence-corrected chi connectivity index (χ2v) is 8.83. The van der Waals surface area contributed by atoms with Crippen molar-refractivity contribution in [2.75, 3.05) is 0 Å². The van der Waals surface area contributed by atoms with Gasteiger partial charge in [-0.25, -0.2) is 8.42 Å². The van der Waals surface area contributed by atoms with Crippen molar-refractivity contribution < 1.29 is 18.3 Å². The summed E-state index contributed by atoms with van der Waals surface area (Å²) in [6.45, 7) is 7.51. The smallest absolute Gasteiger partial charge is 0.325 e. The van der Waals surface area contributed by atoms with Crippen LogP contribution >= 0.6 is 0 Å². The predicted molar refractivity (Wildman–Crippen MR) is 76.5 cm³/mol. The first-order valence-electron chi connectivity index (χ1n) is 6.57. The summed E-state index contributed by atoms with van der Waals surface area (Å²) in [7, 11) is -3.87. The highest BCUT2D eigenvalue weighted by molar-refractivity contribution is 7.93. The Bertz CT molecular complexity index is 663. The zero-order valence-corrected chi connectivity index (χ0v) is 13.0. The molecule has 1 aliphatic carbocycles. The third-order valence-electron chi connectivity index (χ3n) is 4.22. The van der Waals surface area contributed by atoms with Crippen molar-refractivity contribution in [3.8, 4) is 0 Å². The first-order valence-corrected chi connectivity index (χ1v) is 8.05. The molecule has 0 aromatic heterocycles. The van der Waals surface area contributed by atoms with E-state index >= 15 is 0 Å². The van der Waals surface area contributed by atoms with Gasteiger partial charge in [0.05, 0.1) is 4.90 Å². The van der Waals surface area contributed by atoms with Gasteiger partial charge in [-0.2, -0.15) is 0 Å². The van der Waals surface area contributed by atoms with Crippen molar-refractivity contribution in [3.05, 3.63) is 29.3 Å². The fourth-order valence-electron chi connectivity index (χ4n) is 3.06. The Labute approximate surface area is 119 Å². The molecule has 0 bridgehead atoms. The average Bonchev–Trinajstić information content (AvgIpc) is 2.28. The Morgan fingerprint density at radius 3 is 2.10 bits per heavy atom. The molecule has 0 aliphatic heterocycles. The summed E-state index contributed by atoms with van der Waals surface area (Å²) in [5, 5.41) is 9.46. The molecular weight excluding hydrogens is 276 g/mol. The Morgan fingerprint density at radius 1 is 1.15 bits per heavy atom. The summed E-state index contributed by atoms with van der Waals surface area (Å²) in [5.41, 5.74) is 1.60. The first-order chi connectivity index (χ1) is 9.02. The zero-order chi connectivity index (χ0) is 15.3. The van der Waals surface area contributed by atoms with Crippen molar-refractivity contribution in [1.29, 1.82) is 0 Å². The molecule has 1 N–H and O–H groups in total. The first kappa shape index (κ1) is 15.0. The summed E-state index contributed by atoms with van der Waals surface area (Å²) < 4.78 is 23.8. The maximum Gasteiger partial charge on any atom is 0.325 e. The molecule has 110 valence electrons. The summed E-state index contributed by atoms with van der Waals surface area (Å²) in [6.07, 6.45) is 0.315. The Balaban J connectivity index is 2.53. The van der Waals surface area contributed by atoms with Gasteiger partial charge in [0, 0.05) is 0 Å². The van der Waals surface area contributed by atoms with Gasteiger partial charge >= 0.3 is 5.97 Å². The van der Waals surface area contributed by atoms with Gasteiger partial charge in [-0.15, -0.1) is 0 Å². The van der Waals surface area contributed by atoms with E-state index in [9.17, 15) is 18.3 Å². The quantitative estimate of drug-likeness (QED) is 0.931. The van der Waals surface area contributed by atoms with Crippen LogP contribution in [0, 0.1) is 19.3 Å². The third kappa shape index (κ3) is 2.04. The van der Waals surface area contributed by atoms with Crippen LogP contribution in [0.2, 0.25) is 0 Å². The highest BCUT2D eigenvalue weighted by atomic mass is 32.2. The largest absolute Gasteiger partial charge is 0.480 e. The summed E-state index contributed by atoms with van der Waals surface area (Å²) >= 11 is 0. The molecule has 1 aromatic carbocycles. The van der Waals surface area contributed by atoms with Crippen LogP contribution in [-0.4, -0.2) is 24.2 Å². The van der Waals surface area contributed by atoms with Crippen molar-refractivity contribution in [1.82, 2.24) is 0 Å². The van der Waals surface area contributed by atoms with E-state index in [1.165, 1.54) is 6.07 Å². The fourth-order valence-corrected chi connectivity index (χ4v) is 5.48. The van der Waals surface area contributed by atoms with Gasteiger partial charge in [-0.3, -0.25) is 4.79 Å². The van der Waals surface area contributed by atoms with E-state index in [1.54, 1.807) is 12.1 Å². The van der Waals surface area contributed by atoms with Crippen LogP contribution in [0.4, 0.5) is 0 Å².